The molecule has 2 atom stereocenters. The highest BCUT2D eigenvalue weighted by Crippen LogP contribution is 2.27. The molecule has 1 fully saturated rings. The number of carboxylic acids is 1. The number of benzene rings is 1. The molecular weight excluding hydrogens is 278 g/mol. The molecule has 2 N–H and O–H groups in total. The molecule has 20 heavy (non-hydrogen) atoms. The van der Waals surface area contributed by atoms with Crippen LogP contribution in [0.25, 0.3) is 0 Å². The highest BCUT2D eigenvalue weighted by atomic mass is 32.2. The summed E-state index contributed by atoms with van der Waals surface area (Å²) in [7, 11) is -3.58. The standard InChI is InChI=1S/C14H19NO4S/c1-9-5-10(2)7-13(6-9)20(18,19)15-12-4-3-11(8-12)14(16)17/h5-7,11-12,15H,3-4,8H2,1-2H3,(H,16,17). The van der Waals surface area contributed by atoms with E-state index in [1.54, 1.807) is 12.1 Å². The minimum absolute atomic E-state index is 0.244. The highest BCUT2D eigenvalue weighted by molar-refractivity contribution is 7.89. The maximum absolute atomic E-state index is 12.3. The monoisotopic (exact) mass is 297 g/mol. The number of rotatable bonds is 4. The molecule has 1 saturated carbocycles. The zero-order valence-electron chi connectivity index (χ0n) is 11.6. The second kappa shape index (κ2) is 5.54. The van der Waals surface area contributed by atoms with Crippen molar-refractivity contribution in [3.8, 4) is 0 Å². The van der Waals surface area contributed by atoms with Crippen molar-refractivity contribution in [1.29, 1.82) is 0 Å². The van der Waals surface area contributed by atoms with Crippen LogP contribution in [0.4, 0.5) is 0 Å². The maximum atomic E-state index is 12.3. The number of hydrogen-bond donors (Lipinski definition) is 2. The first-order valence-electron chi connectivity index (χ1n) is 6.61. The van der Waals surface area contributed by atoms with Gasteiger partial charge >= 0.3 is 5.97 Å². The summed E-state index contributed by atoms with van der Waals surface area (Å²) in [5, 5.41) is 8.94. The Morgan fingerprint density at radius 2 is 1.80 bits per heavy atom. The second-order valence-electron chi connectivity index (χ2n) is 5.49. The Kier molecular flexibility index (Phi) is 4.15. The lowest BCUT2D eigenvalue weighted by Gasteiger charge is -2.14. The summed E-state index contributed by atoms with van der Waals surface area (Å²) in [6, 6.07) is 4.87. The van der Waals surface area contributed by atoms with Crippen LogP contribution in [0.3, 0.4) is 0 Å². The first kappa shape index (κ1) is 15.0. The number of aliphatic carboxylic acids is 1. The van der Waals surface area contributed by atoms with E-state index in [9.17, 15) is 13.2 Å². The first-order chi connectivity index (χ1) is 9.28. The van der Waals surface area contributed by atoms with Gasteiger partial charge in [0.1, 0.15) is 0 Å². The summed E-state index contributed by atoms with van der Waals surface area (Å²) in [6.45, 7) is 3.70. The molecule has 2 unspecified atom stereocenters. The summed E-state index contributed by atoms with van der Waals surface area (Å²) < 4.78 is 27.2. The van der Waals surface area contributed by atoms with Crippen LogP contribution in [0.1, 0.15) is 30.4 Å². The van der Waals surface area contributed by atoms with Crippen LogP contribution < -0.4 is 4.72 Å². The normalized spacial score (nSPS) is 22.9. The molecule has 1 aromatic rings. The van der Waals surface area contributed by atoms with E-state index in [2.05, 4.69) is 4.72 Å². The van der Waals surface area contributed by atoms with Crippen molar-refractivity contribution in [1.82, 2.24) is 4.72 Å². The molecule has 0 amide bonds. The minimum atomic E-state index is -3.58. The number of nitrogens with one attached hydrogen (secondary N) is 1. The van der Waals surface area contributed by atoms with E-state index in [1.807, 2.05) is 19.9 Å². The van der Waals surface area contributed by atoms with Crippen molar-refractivity contribution in [3.63, 3.8) is 0 Å². The van der Waals surface area contributed by atoms with E-state index in [-0.39, 0.29) is 10.9 Å². The minimum Gasteiger partial charge on any atom is -0.481 e. The van der Waals surface area contributed by atoms with Crippen molar-refractivity contribution in [2.45, 2.75) is 44.0 Å². The topological polar surface area (TPSA) is 83.5 Å². The molecule has 110 valence electrons. The summed E-state index contributed by atoms with van der Waals surface area (Å²) in [5.74, 6) is -1.29. The lowest BCUT2D eigenvalue weighted by atomic mass is 10.1. The lowest BCUT2D eigenvalue weighted by molar-refractivity contribution is -0.141. The van der Waals surface area contributed by atoms with E-state index in [0.29, 0.717) is 19.3 Å². The molecule has 0 saturated heterocycles. The van der Waals surface area contributed by atoms with Crippen LogP contribution >= 0.6 is 0 Å². The fraction of sp³-hybridized carbons (Fsp3) is 0.500. The zero-order chi connectivity index (χ0) is 14.9. The molecule has 1 aromatic carbocycles. The summed E-state index contributed by atoms with van der Waals surface area (Å²) in [4.78, 5) is 11.1. The number of carboxylic acid groups (broad SMARTS) is 1. The molecule has 6 heteroatoms. The van der Waals surface area contributed by atoms with Gasteiger partial charge in [0, 0.05) is 6.04 Å². The smallest absolute Gasteiger partial charge is 0.306 e. The highest BCUT2D eigenvalue weighted by Gasteiger charge is 2.32. The predicted molar refractivity (Wildman–Crippen MR) is 75.0 cm³/mol. The molecule has 0 bridgehead atoms. The van der Waals surface area contributed by atoms with Gasteiger partial charge in [-0.25, -0.2) is 13.1 Å². The van der Waals surface area contributed by atoms with Gasteiger partial charge in [0.15, 0.2) is 0 Å². The Morgan fingerprint density at radius 1 is 1.20 bits per heavy atom. The molecule has 1 aliphatic carbocycles. The first-order valence-corrected chi connectivity index (χ1v) is 8.09. The van der Waals surface area contributed by atoms with Gasteiger partial charge < -0.3 is 5.11 Å². The number of aryl methyl sites for hydroxylation is 2. The van der Waals surface area contributed by atoms with E-state index in [1.165, 1.54) is 0 Å². The van der Waals surface area contributed by atoms with Crippen LogP contribution in [0.2, 0.25) is 0 Å². The van der Waals surface area contributed by atoms with Crippen molar-refractivity contribution in [2.24, 2.45) is 5.92 Å². The summed E-state index contributed by atoms with van der Waals surface area (Å²) in [6.07, 6.45) is 1.45. The molecule has 0 spiro atoms. The third-order valence-corrected chi connectivity index (χ3v) is 5.11. The third kappa shape index (κ3) is 3.37. The van der Waals surface area contributed by atoms with Gasteiger partial charge in [-0.15, -0.1) is 0 Å². The second-order valence-corrected chi connectivity index (χ2v) is 7.20. The van der Waals surface area contributed by atoms with Crippen LogP contribution in [0.15, 0.2) is 23.1 Å². The quantitative estimate of drug-likeness (QED) is 0.888. The number of sulfonamides is 1. The van der Waals surface area contributed by atoms with E-state index < -0.39 is 21.9 Å². The van der Waals surface area contributed by atoms with E-state index >= 15 is 0 Å². The van der Waals surface area contributed by atoms with Crippen molar-refractivity contribution >= 4 is 16.0 Å². The summed E-state index contributed by atoms with van der Waals surface area (Å²) in [5.41, 5.74) is 1.78. The maximum Gasteiger partial charge on any atom is 0.306 e. The lowest BCUT2D eigenvalue weighted by Crippen LogP contribution is -2.33. The average Bonchev–Trinajstić information content (AvgIpc) is 2.75. The van der Waals surface area contributed by atoms with Gasteiger partial charge in [0.2, 0.25) is 10.0 Å². The van der Waals surface area contributed by atoms with Crippen molar-refractivity contribution in [2.75, 3.05) is 0 Å². The molecule has 5 nitrogen and oxygen atoms in total. The van der Waals surface area contributed by atoms with E-state index in [4.69, 9.17) is 5.11 Å². The van der Waals surface area contributed by atoms with E-state index in [0.717, 1.165) is 11.1 Å². The Morgan fingerprint density at radius 3 is 2.30 bits per heavy atom. The molecular formula is C14H19NO4S. The van der Waals surface area contributed by atoms with Crippen LogP contribution in [0.5, 0.6) is 0 Å². The average molecular weight is 297 g/mol. The number of hydrogen-bond acceptors (Lipinski definition) is 3. The molecule has 0 aromatic heterocycles. The van der Waals surface area contributed by atoms with Crippen molar-refractivity contribution < 1.29 is 18.3 Å². The molecule has 2 rings (SSSR count). The molecule has 0 heterocycles. The Hall–Kier alpha value is -1.40. The largest absolute Gasteiger partial charge is 0.481 e. The Labute approximate surface area is 119 Å². The van der Waals surface area contributed by atoms with Crippen LogP contribution in [-0.4, -0.2) is 25.5 Å². The SMILES string of the molecule is Cc1cc(C)cc(S(=O)(=O)NC2CCC(C(=O)O)C2)c1. The predicted octanol–water partition coefficient (Wildman–Crippen LogP) is 1.84. The fourth-order valence-corrected chi connectivity index (χ4v) is 4.16. The number of carbonyl (C=O) groups is 1. The van der Waals surface area contributed by atoms with Gasteiger partial charge in [0.25, 0.3) is 0 Å². The zero-order valence-corrected chi connectivity index (χ0v) is 12.4. The van der Waals surface area contributed by atoms with Gasteiger partial charge in [-0.3, -0.25) is 4.79 Å². The van der Waals surface area contributed by atoms with Crippen molar-refractivity contribution in [3.05, 3.63) is 29.3 Å². The van der Waals surface area contributed by atoms with Gasteiger partial charge in [-0.1, -0.05) is 6.07 Å². The summed E-state index contributed by atoms with van der Waals surface area (Å²) >= 11 is 0. The Balaban J connectivity index is 2.14. The van der Waals surface area contributed by atoms with Gasteiger partial charge in [0.05, 0.1) is 10.8 Å². The Bertz CT molecular complexity index is 604. The molecule has 1 aliphatic rings. The van der Waals surface area contributed by atoms with Crippen LogP contribution in [-0.2, 0) is 14.8 Å². The van der Waals surface area contributed by atoms with Gasteiger partial charge in [-0.05, 0) is 56.4 Å². The fourth-order valence-electron chi connectivity index (χ4n) is 2.69. The third-order valence-electron chi connectivity index (χ3n) is 3.61. The molecule has 0 aliphatic heterocycles. The van der Waals surface area contributed by atoms with Crippen LogP contribution in [0, 0.1) is 19.8 Å². The molecule has 0 radical (unpaired) electrons. The van der Waals surface area contributed by atoms with Gasteiger partial charge in [-0.2, -0.15) is 0 Å².